The molecule has 1 aromatic heterocycles. The van der Waals surface area contributed by atoms with Gasteiger partial charge in [0.2, 0.25) is 0 Å². The molecule has 88 valence electrons. The first-order valence-corrected chi connectivity index (χ1v) is 4.46. The Labute approximate surface area is 92.8 Å². The first-order chi connectivity index (χ1) is 7.63. The number of aromatic nitrogens is 1. The Kier molecular flexibility index (Phi) is 4.21. The van der Waals surface area contributed by atoms with Crippen LogP contribution >= 0.6 is 0 Å². The van der Waals surface area contributed by atoms with Crippen molar-refractivity contribution in [2.75, 3.05) is 21.3 Å². The molecule has 0 amide bonds. The summed E-state index contributed by atoms with van der Waals surface area (Å²) >= 11 is 0. The second-order valence-electron chi connectivity index (χ2n) is 2.92. The van der Waals surface area contributed by atoms with Crippen molar-refractivity contribution in [2.45, 2.75) is 6.29 Å². The molecular weight excluding hydrogens is 214 g/mol. The van der Waals surface area contributed by atoms with E-state index in [1.165, 1.54) is 33.6 Å². The fourth-order valence-electron chi connectivity index (χ4n) is 1.27. The highest BCUT2D eigenvalue weighted by atomic mass is 16.7. The molecule has 6 nitrogen and oxygen atoms in total. The number of nitrogens with zero attached hydrogens (tertiary/aromatic N) is 1. The Morgan fingerprint density at radius 3 is 2.44 bits per heavy atom. The minimum Gasteiger partial charge on any atom is -0.496 e. The van der Waals surface area contributed by atoms with E-state index in [-0.39, 0.29) is 5.69 Å². The third-order valence-corrected chi connectivity index (χ3v) is 2.02. The first-order valence-electron chi connectivity index (χ1n) is 4.46. The van der Waals surface area contributed by atoms with E-state index >= 15 is 0 Å². The molecule has 0 radical (unpaired) electrons. The molecule has 0 fully saturated rings. The van der Waals surface area contributed by atoms with Gasteiger partial charge in [-0.05, 0) is 0 Å². The number of hydrogen-bond donors (Lipinski definition) is 1. The standard InChI is InChI=1S/C10H13NO5/c1-14-8-4-7(9(12)13)11-5-6(8)10(15-2)16-3/h4-5,10H,1-3H3,(H,12,13). The van der Waals surface area contributed by atoms with Crippen molar-refractivity contribution >= 4 is 5.97 Å². The van der Waals surface area contributed by atoms with Gasteiger partial charge in [-0.1, -0.05) is 0 Å². The molecule has 0 saturated heterocycles. The van der Waals surface area contributed by atoms with E-state index < -0.39 is 12.3 Å². The van der Waals surface area contributed by atoms with Crippen molar-refractivity contribution in [3.63, 3.8) is 0 Å². The number of aromatic carboxylic acids is 1. The molecule has 1 heterocycles. The van der Waals surface area contributed by atoms with Crippen LogP contribution in [0.15, 0.2) is 12.3 Å². The third kappa shape index (κ3) is 2.47. The van der Waals surface area contributed by atoms with Gasteiger partial charge >= 0.3 is 5.97 Å². The van der Waals surface area contributed by atoms with E-state index in [0.717, 1.165) is 0 Å². The molecule has 1 aromatic rings. The van der Waals surface area contributed by atoms with Gasteiger partial charge in [-0.25, -0.2) is 9.78 Å². The van der Waals surface area contributed by atoms with Crippen molar-refractivity contribution in [2.24, 2.45) is 0 Å². The summed E-state index contributed by atoms with van der Waals surface area (Å²) in [6.07, 6.45) is 0.727. The lowest BCUT2D eigenvalue weighted by Crippen LogP contribution is -2.09. The zero-order chi connectivity index (χ0) is 12.1. The predicted molar refractivity (Wildman–Crippen MR) is 54.5 cm³/mol. The lowest BCUT2D eigenvalue weighted by molar-refractivity contribution is -0.107. The second kappa shape index (κ2) is 5.43. The lowest BCUT2D eigenvalue weighted by Gasteiger charge is -2.16. The van der Waals surface area contributed by atoms with Crippen LogP contribution in [-0.4, -0.2) is 37.4 Å². The van der Waals surface area contributed by atoms with Crippen LogP contribution in [-0.2, 0) is 9.47 Å². The highest BCUT2D eigenvalue weighted by Gasteiger charge is 2.17. The maximum Gasteiger partial charge on any atom is 0.354 e. The average molecular weight is 227 g/mol. The second-order valence-corrected chi connectivity index (χ2v) is 2.92. The first kappa shape index (κ1) is 12.4. The Bertz CT molecular complexity index is 375. The van der Waals surface area contributed by atoms with Crippen molar-refractivity contribution in [1.82, 2.24) is 4.98 Å². The molecule has 0 atom stereocenters. The summed E-state index contributed by atoms with van der Waals surface area (Å²) in [4.78, 5) is 14.5. The van der Waals surface area contributed by atoms with Crippen molar-refractivity contribution in [3.05, 3.63) is 23.5 Å². The smallest absolute Gasteiger partial charge is 0.354 e. The molecule has 0 unspecified atom stereocenters. The van der Waals surface area contributed by atoms with Crippen LogP contribution in [0.1, 0.15) is 22.3 Å². The normalized spacial score (nSPS) is 10.5. The Balaban J connectivity index is 3.15. The van der Waals surface area contributed by atoms with Crippen LogP contribution in [0, 0.1) is 0 Å². The topological polar surface area (TPSA) is 77.9 Å². The molecule has 0 bridgehead atoms. The summed E-state index contributed by atoms with van der Waals surface area (Å²) in [5.74, 6) is -0.752. The van der Waals surface area contributed by atoms with E-state index in [0.29, 0.717) is 11.3 Å². The van der Waals surface area contributed by atoms with Crippen LogP contribution < -0.4 is 4.74 Å². The van der Waals surface area contributed by atoms with Crippen LogP contribution in [0.4, 0.5) is 0 Å². The summed E-state index contributed by atoms with van der Waals surface area (Å²) in [7, 11) is 4.38. The largest absolute Gasteiger partial charge is 0.496 e. The summed E-state index contributed by atoms with van der Waals surface area (Å²) in [5.41, 5.74) is 0.448. The molecule has 1 N–H and O–H groups in total. The summed E-state index contributed by atoms with van der Waals surface area (Å²) < 4.78 is 15.1. The molecule has 1 rings (SSSR count). The highest BCUT2D eigenvalue weighted by molar-refractivity contribution is 5.85. The van der Waals surface area contributed by atoms with Gasteiger partial charge in [0.05, 0.1) is 12.7 Å². The molecule has 0 saturated carbocycles. The number of pyridine rings is 1. The minimum atomic E-state index is -1.11. The molecule has 0 aliphatic carbocycles. The summed E-state index contributed by atoms with van der Waals surface area (Å²) in [6.45, 7) is 0. The van der Waals surface area contributed by atoms with Gasteiger partial charge in [0.1, 0.15) is 5.75 Å². The minimum absolute atomic E-state index is 0.0912. The van der Waals surface area contributed by atoms with Gasteiger partial charge in [-0.2, -0.15) is 0 Å². The SMILES string of the molecule is COc1cc(C(=O)O)ncc1C(OC)OC. The van der Waals surface area contributed by atoms with Gasteiger partial charge < -0.3 is 19.3 Å². The maximum atomic E-state index is 10.7. The van der Waals surface area contributed by atoms with Gasteiger partial charge in [-0.3, -0.25) is 0 Å². The van der Waals surface area contributed by atoms with E-state index in [4.69, 9.17) is 19.3 Å². The number of rotatable bonds is 5. The summed E-state index contributed by atoms with van der Waals surface area (Å²) in [6, 6.07) is 1.32. The molecule has 0 aliphatic heterocycles. The fraction of sp³-hybridized carbons (Fsp3) is 0.400. The van der Waals surface area contributed by atoms with Crippen molar-refractivity contribution in [3.8, 4) is 5.75 Å². The number of hydrogen-bond acceptors (Lipinski definition) is 5. The van der Waals surface area contributed by atoms with Gasteiger partial charge in [0.25, 0.3) is 0 Å². The van der Waals surface area contributed by atoms with Crippen LogP contribution in [0.2, 0.25) is 0 Å². The van der Waals surface area contributed by atoms with Crippen molar-refractivity contribution in [1.29, 1.82) is 0 Å². The van der Waals surface area contributed by atoms with Crippen molar-refractivity contribution < 1.29 is 24.1 Å². The van der Waals surface area contributed by atoms with Crippen LogP contribution in [0.25, 0.3) is 0 Å². The molecule has 16 heavy (non-hydrogen) atoms. The molecule has 6 heteroatoms. The molecule has 0 aliphatic rings. The van der Waals surface area contributed by atoms with Gasteiger partial charge in [0.15, 0.2) is 12.0 Å². The number of ether oxygens (including phenoxy) is 3. The third-order valence-electron chi connectivity index (χ3n) is 2.02. The number of carboxylic acids is 1. The van der Waals surface area contributed by atoms with E-state index in [1.807, 2.05) is 0 Å². The van der Waals surface area contributed by atoms with Gasteiger partial charge in [-0.15, -0.1) is 0 Å². The maximum absolute atomic E-state index is 10.7. The van der Waals surface area contributed by atoms with E-state index in [9.17, 15) is 4.79 Å². The Morgan fingerprint density at radius 1 is 1.38 bits per heavy atom. The number of methoxy groups -OCH3 is 3. The monoisotopic (exact) mass is 227 g/mol. The molecule has 0 aromatic carbocycles. The lowest BCUT2D eigenvalue weighted by atomic mass is 10.2. The highest BCUT2D eigenvalue weighted by Crippen LogP contribution is 2.27. The number of carboxylic acid groups (broad SMARTS) is 1. The van der Waals surface area contributed by atoms with Crippen LogP contribution in [0.5, 0.6) is 5.75 Å². The zero-order valence-corrected chi connectivity index (χ0v) is 9.26. The quantitative estimate of drug-likeness (QED) is 0.758. The average Bonchev–Trinajstić information content (AvgIpc) is 2.30. The Hall–Kier alpha value is -1.66. The van der Waals surface area contributed by atoms with E-state index in [2.05, 4.69) is 4.98 Å². The van der Waals surface area contributed by atoms with Crippen LogP contribution in [0.3, 0.4) is 0 Å². The summed E-state index contributed by atoms with van der Waals surface area (Å²) in [5, 5.41) is 8.77. The van der Waals surface area contributed by atoms with E-state index in [1.54, 1.807) is 0 Å². The fourth-order valence-corrected chi connectivity index (χ4v) is 1.27. The van der Waals surface area contributed by atoms with Gasteiger partial charge in [0, 0.05) is 26.5 Å². The Morgan fingerprint density at radius 2 is 2.00 bits per heavy atom. The number of carbonyl (C=O) groups is 1. The molecule has 0 spiro atoms. The predicted octanol–water partition coefficient (Wildman–Crippen LogP) is 1.08. The zero-order valence-electron chi connectivity index (χ0n) is 9.26. The molecular formula is C10H13NO5.